The fourth-order valence-electron chi connectivity index (χ4n) is 1.70. The maximum atomic E-state index is 13.7. The second kappa shape index (κ2) is 5.04. The molecule has 2 rings (SSSR count). The molecule has 2 nitrogen and oxygen atoms in total. The highest BCUT2D eigenvalue weighted by Crippen LogP contribution is 2.23. The van der Waals surface area contributed by atoms with Gasteiger partial charge in [-0.05, 0) is 30.2 Å². The zero-order valence-electron chi connectivity index (χ0n) is 10.0. The second-order valence-electron chi connectivity index (χ2n) is 4.11. The molecule has 0 aliphatic heterocycles. The molecule has 0 bridgehead atoms. The standard InChI is InChI=1S/C14H14F2N2/c1-9-6-7-11(15)14(13(9)16)18-8-10-4-2-3-5-12(10)17/h2-7,18H,8,17H2,1H3. The average molecular weight is 248 g/mol. The van der Waals surface area contributed by atoms with Gasteiger partial charge in [0.25, 0.3) is 0 Å². The molecule has 0 radical (unpaired) electrons. The zero-order chi connectivity index (χ0) is 13.1. The molecule has 2 aromatic carbocycles. The summed E-state index contributed by atoms with van der Waals surface area (Å²) in [5.41, 5.74) is 7.45. The van der Waals surface area contributed by atoms with Crippen LogP contribution in [0, 0.1) is 18.6 Å². The summed E-state index contributed by atoms with van der Waals surface area (Å²) in [5.74, 6) is -1.17. The highest BCUT2D eigenvalue weighted by atomic mass is 19.1. The fourth-order valence-corrected chi connectivity index (χ4v) is 1.70. The van der Waals surface area contributed by atoms with Crippen molar-refractivity contribution in [3.05, 3.63) is 59.2 Å². The van der Waals surface area contributed by atoms with E-state index in [4.69, 9.17) is 5.73 Å². The molecule has 4 heteroatoms. The van der Waals surface area contributed by atoms with Gasteiger partial charge >= 0.3 is 0 Å². The van der Waals surface area contributed by atoms with E-state index in [2.05, 4.69) is 5.32 Å². The normalized spacial score (nSPS) is 10.4. The van der Waals surface area contributed by atoms with Gasteiger partial charge in [-0.1, -0.05) is 24.3 Å². The highest BCUT2D eigenvalue weighted by Gasteiger charge is 2.11. The number of nitrogens with two attached hydrogens (primary N) is 1. The zero-order valence-corrected chi connectivity index (χ0v) is 10.0. The van der Waals surface area contributed by atoms with Crippen LogP contribution in [0.4, 0.5) is 20.2 Å². The van der Waals surface area contributed by atoms with E-state index in [1.807, 2.05) is 18.2 Å². The van der Waals surface area contributed by atoms with Crippen molar-refractivity contribution in [3.63, 3.8) is 0 Å². The van der Waals surface area contributed by atoms with Crippen LogP contribution >= 0.6 is 0 Å². The van der Waals surface area contributed by atoms with Crippen molar-refractivity contribution < 1.29 is 8.78 Å². The van der Waals surface area contributed by atoms with E-state index in [0.717, 1.165) is 5.56 Å². The molecule has 0 aliphatic carbocycles. The maximum Gasteiger partial charge on any atom is 0.152 e. The first-order valence-corrected chi connectivity index (χ1v) is 5.61. The summed E-state index contributed by atoms with van der Waals surface area (Å²) < 4.78 is 27.2. The molecule has 0 unspecified atom stereocenters. The first-order valence-electron chi connectivity index (χ1n) is 5.61. The quantitative estimate of drug-likeness (QED) is 0.816. The van der Waals surface area contributed by atoms with Crippen molar-refractivity contribution in [3.8, 4) is 0 Å². The maximum absolute atomic E-state index is 13.7. The summed E-state index contributed by atoms with van der Waals surface area (Å²) >= 11 is 0. The fraction of sp³-hybridized carbons (Fsp3) is 0.143. The molecule has 0 heterocycles. The van der Waals surface area contributed by atoms with Gasteiger partial charge in [0.15, 0.2) is 5.82 Å². The number of hydrogen-bond acceptors (Lipinski definition) is 2. The molecular formula is C14H14F2N2. The van der Waals surface area contributed by atoms with E-state index in [-0.39, 0.29) is 12.2 Å². The Labute approximate surface area is 104 Å². The smallest absolute Gasteiger partial charge is 0.152 e. The van der Waals surface area contributed by atoms with Gasteiger partial charge in [-0.15, -0.1) is 0 Å². The first kappa shape index (κ1) is 12.4. The van der Waals surface area contributed by atoms with Gasteiger partial charge < -0.3 is 11.1 Å². The number of nitrogens with one attached hydrogen (secondary N) is 1. The number of hydrogen-bond donors (Lipinski definition) is 2. The minimum atomic E-state index is -0.604. The first-order chi connectivity index (χ1) is 8.59. The predicted octanol–water partition coefficient (Wildman–Crippen LogP) is 3.47. The van der Waals surface area contributed by atoms with Crippen molar-refractivity contribution >= 4 is 11.4 Å². The van der Waals surface area contributed by atoms with Gasteiger partial charge in [-0.3, -0.25) is 0 Å². The van der Waals surface area contributed by atoms with Gasteiger partial charge in [0.05, 0.1) is 0 Å². The average Bonchev–Trinajstić information content (AvgIpc) is 2.36. The molecule has 0 saturated heterocycles. The van der Waals surface area contributed by atoms with Crippen LogP contribution in [-0.4, -0.2) is 0 Å². The van der Waals surface area contributed by atoms with E-state index in [0.29, 0.717) is 11.3 Å². The largest absolute Gasteiger partial charge is 0.398 e. The number of halogens is 2. The van der Waals surface area contributed by atoms with Crippen molar-refractivity contribution in [2.75, 3.05) is 11.1 Å². The molecule has 0 saturated carbocycles. The SMILES string of the molecule is Cc1ccc(F)c(NCc2ccccc2N)c1F. The monoisotopic (exact) mass is 248 g/mol. The van der Waals surface area contributed by atoms with Crippen molar-refractivity contribution in [1.29, 1.82) is 0 Å². The third-order valence-electron chi connectivity index (χ3n) is 2.79. The number of para-hydroxylation sites is 1. The van der Waals surface area contributed by atoms with Crippen molar-refractivity contribution in [1.82, 2.24) is 0 Å². The molecular weight excluding hydrogens is 234 g/mol. The van der Waals surface area contributed by atoms with Crippen LogP contribution in [0.3, 0.4) is 0 Å². The molecule has 0 spiro atoms. The third kappa shape index (κ3) is 2.42. The molecule has 0 fully saturated rings. The molecule has 0 atom stereocenters. The molecule has 18 heavy (non-hydrogen) atoms. The summed E-state index contributed by atoms with van der Waals surface area (Å²) in [5, 5.41) is 2.75. The van der Waals surface area contributed by atoms with E-state index in [1.54, 1.807) is 13.0 Å². The molecule has 0 aliphatic rings. The lowest BCUT2D eigenvalue weighted by Crippen LogP contribution is -2.06. The van der Waals surface area contributed by atoms with Crippen LogP contribution in [0.5, 0.6) is 0 Å². The van der Waals surface area contributed by atoms with Gasteiger partial charge in [0.2, 0.25) is 0 Å². The second-order valence-corrected chi connectivity index (χ2v) is 4.11. The minimum absolute atomic E-state index is 0.113. The highest BCUT2D eigenvalue weighted by molar-refractivity contribution is 5.52. The lowest BCUT2D eigenvalue weighted by atomic mass is 10.1. The lowest BCUT2D eigenvalue weighted by molar-refractivity contribution is 0.582. The van der Waals surface area contributed by atoms with Crippen LogP contribution in [0.15, 0.2) is 36.4 Å². The van der Waals surface area contributed by atoms with E-state index in [1.165, 1.54) is 12.1 Å². The minimum Gasteiger partial charge on any atom is -0.398 e. The van der Waals surface area contributed by atoms with Crippen molar-refractivity contribution in [2.24, 2.45) is 0 Å². The Balaban J connectivity index is 2.21. The Morgan fingerprint density at radius 3 is 2.56 bits per heavy atom. The van der Waals surface area contributed by atoms with Crippen molar-refractivity contribution in [2.45, 2.75) is 13.5 Å². The Hall–Kier alpha value is -2.10. The van der Waals surface area contributed by atoms with Gasteiger partial charge in [-0.2, -0.15) is 0 Å². The van der Waals surface area contributed by atoms with Crippen LogP contribution in [0.2, 0.25) is 0 Å². The molecule has 3 N–H and O–H groups in total. The molecule has 0 amide bonds. The summed E-state index contributed by atoms with van der Waals surface area (Å²) in [7, 11) is 0. The molecule has 2 aromatic rings. The molecule has 0 aromatic heterocycles. The number of benzene rings is 2. The predicted molar refractivity (Wildman–Crippen MR) is 69.3 cm³/mol. The summed E-state index contributed by atoms with van der Waals surface area (Å²) in [6.07, 6.45) is 0. The van der Waals surface area contributed by atoms with Crippen LogP contribution in [0.1, 0.15) is 11.1 Å². The van der Waals surface area contributed by atoms with E-state index >= 15 is 0 Å². The number of rotatable bonds is 3. The van der Waals surface area contributed by atoms with Gasteiger partial charge in [0.1, 0.15) is 11.5 Å². The number of anilines is 2. The Morgan fingerprint density at radius 1 is 1.11 bits per heavy atom. The van der Waals surface area contributed by atoms with Crippen LogP contribution in [-0.2, 0) is 6.54 Å². The van der Waals surface area contributed by atoms with Gasteiger partial charge in [-0.25, -0.2) is 8.78 Å². The lowest BCUT2D eigenvalue weighted by Gasteiger charge is -2.11. The number of nitrogen functional groups attached to an aromatic ring is 1. The summed E-state index contributed by atoms with van der Waals surface area (Å²) in [4.78, 5) is 0. The topological polar surface area (TPSA) is 38.0 Å². The number of aryl methyl sites for hydroxylation is 1. The van der Waals surface area contributed by atoms with E-state index < -0.39 is 11.6 Å². The third-order valence-corrected chi connectivity index (χ3v) is 2.79. The van der Waals surface area contributed by atoms with E-state index in [9.17, 15) is 8.78 Å². The summed E-state index contributed by atoms with van der Waals surface area (Å²) in [6, 6.07) is 9.86. The Kier molecular flexibility index (Phi) is 3.46. The Bertz CT molecular complexity index is 568. The van der Waals surface area contributed by atoms with Gasteiger partial charge in [0, 0.05) is 12.2 Å². The summed E-state index contributed by atoms with van der Waals surface area (Å²) in [6.45, 7) is 1.88. The van der Waals surface area contributed by atoms with Crippen LogP contribution in [0.25, 0.3) is 0 Å². The Morgan fingerprint density at radius 2 is 1.83 bits per heavy atom. The van der Waals surface area contributed by atoms with Crippen LogP contribution < -0.4 is 11.1 Å². The molecule has 94 valence electrons.